The molecule has 1 unspecified atom stereocenters. The third-order valence-corrected chi connectivity index (χ3v) is 2.14. The van der Waals surface area contributed by atoms with Crippen LogP contribution in [-0.4, -0.2) is 12.2 Å². The molecule has 0 bridgehead atoms. The van der Waals surface area contributed by atoms with Crippen molar-refractivity contribution in [2.45, 2.75) is 66.1 Å². The first-order valence-electron chi connectivity index (χ1n) is 5.25. The molecule has 0 aromatic carbocycles. The summed E-state index contributed by atoms with van der Waals surface area (Å²) >= 11 is 0. The van der Waals surface area contributed by atoms with Crippen LogP contribution in [0.15, 0.2) is 0 Å². The van der Waals surface area contributed by atoms with Gasteiger partial charge in [0.25, 0.3) is 0 Å². The molecule has 0 N–H and O–H groups in total. The van der Waals surface area contributed by atoms with Gasteiger partial charge in [0.05, 0.1) is 12.2 Å². The van der Waals surface area contributed by atoms with Crippen LogP contribution in [0.4, 0.5) is 0 Å². The first-order valence-corrected chi connectivity index (χ1v) is 5.25. The number of hydrogen-bond donors (Lipinski definition) is 0. The first kappa shape index (κ1) is 12.0. The minimum Gasteiger partial charge on any atom is -0.375 e. The van der Waals surface area contributed by atoms with Crippen molar-refractivity contribution in [3.05, 3.63) is 0 Å². The molecule has 12 heavy (non-hydrogen) atoms. The lowest BCUT2D eigenvalue weighted by molar-refractivity contribution is -0.0151. The molecular weight excluding hydrogens is 148 g/mol. The quantitative estimate of drug-likeness (QED) is 0.594. The Morgan fingerprint density at radius 3 is 1.83 bits per heavy atom. The number of hydrogen-bond acceptors (Lipinski definition) is 1. The van der Waals surface area contributed by atoms with Gasteiger partial charge in [-0.15, -0.1) is 0 Å². The lowest BCUT2D eigenvalue weighted by Crippen LogP contribution is -2.19. The topological polar surface area (TPSA) is 9.23 Å². The van der Waals surface area contributed by atoms with Gasteiger partial charge in [-0.25, -0.2) is 0 Å². The molecular formula is C11H24O. The van der Waals surface area contributed by atoms with Crippen LogP contribution in [-0.2, 0) is 4.74 Å². The van der Waals surface area contributed by atoms with Crippen LogP contribution in [0.3, 0.4) is 0 Å². The molecule has 0 saturated carbocycles. The Balaban J connectivity index is 3.58. The fourth-order valence-electron chi connectivity index (χ4n) is 1.53. The summed E-state index contributed by atoms with van der Waals surface area (Å²) in [6.07, 6.45) is 4.35. The highest BCUT2D eigenvalue weighted by Gasteiger charge is 2.10. The molecule has 0 spiro atoms. The van der Waals surface area contributed by atoms with Crippen molar-refractivity contribution in [2.24, 2.45) is 5.92 Å². The molecule has 1 nitrogen and oxygen atoms in total. The molecule has 0 saturated heterocycles. The molecule has 0 aromatic heterocycles. The number of rotatable bonds is 6. The molecule has 1 heteroatoms. The van der Waals surface area contributed by atoms with Gasteiger partial charge >= 0.3 is 0 Å². The minimum atomic E-state index is 0.426. The Morgan fingerprint density at radius 2 is 1.50 bits per heavy atom. The fourth-order valence-corrected chi connectivity index (χ4v) is 1.53. The zero-order valence-corrected chi connectivity index (χ0v) is 9.26. The summed E-state index contributed by atoms with van der Waals surface area (Å²) in [6, 6.07) is 0. The Hall–Kier alpha value is -0.0400. The average Bonchev–Trinajstić information content (AvgIpc) is 1.98. The van der Waals surface area contributed by atoms with Crippen LogP contribution in [0.25, 0.3) is 0 Å². The third-order valence-electron chi connectivity index (χ3n) is 2.14. The smallest absolute Gasteiger partial charge is 0.0573 e. The van der Waals surface area contributed by atoms with E-state index in [2.05, 4.69) is 34.6 Å². The van der Waals surface area contributed by atoms with Gasteiger partial charge in [-0.2, -0.15) is 0 Å². The normalized spacial score (nSPS) is 14.2. The fraction of sp³-hybridized carbons (Fsp3) is 1.00. The molecule has 0 aliphatic rings. The highest BCUT2D eigenvalue weighted by Crippen LogP contribution is 2.12. The van der Waals surface area contributed by atoms with Gasteiger partial charge in [-0.3, -0.25) is 0 Å². The minimum absolute atomic E-state index is 0.426. The van der Waals surface area contributed by atoms with Gasteiger partial charge in [-0.1, -0.05) is 27.7 Å². The van der Waals surface area contributed by atoms with Gasteiger partial charge in [0.2, 0.25) is 0 Å². The van der Waals surface area contributed by atoms with Crippen molar-refractivity contribution >= 4 is 0 Å². The first-order chi connectivity index (χ1) is 5.60. The van der Waals surface area contributed by atoms with Gasteiger partial charge < -0.3 is 4.74 Å². The molecule has 0 amide bonds. The molecule has 0 aromatic rings. The van der Waals surface area contributed by atoms with Crippen LogP contribution in [0.2, 0.25) is 0 Å². The average molecular weight is 172 g/mol. The van der Waals surface area contributed by atoms with Crippen molar-refractivity contribution in [3.8, 4) is 0 Å². The van der Waals surface area contributed by atoms with E-state index in [-0.39, 0.29) is 0 Å². The van der Waals surface area contributed by atoms with Gasteiger partial charge in [0.15, 0.2) is 0 Å². The van der Waals surface area contributed by atoms with Crippen molar-refractivity contribution in [1.82, 2.24) is 0 Å². The highest BCUT2D eigenvalue weighted by molar-refractivity contribution is 4.59. The third kappa shape index (κ3) is 5.59. The van der Waals surface area contributed by atoms with Gasteiger partial charge in [-0.05, 0) is 32.1 Å². The van der Waals surface area contributed by atoms with E-state index in [1.807, 2.05) is 0 Å². The monoisotopic (exact) mass is 172 g/mol. The van der Waals surface area contributed by atoms with Gasteiger partial charge in [0, 0.05) is 0 Å². The zero-order chi connectivity index (χ0) is 9.56. The van der Waals surface area contributed by atoms with E-state index in [1.54, 1.807) is 0 Å². The summed E-state index contributed by atoms with van der Waals surface area (Å²) in [5.41, 5.74) is 0. The Bertz CT molecular complexity index is 95.2. The van der Waals surface area contributed by atoms with Crippen LogP contribution >= 0.6 is 0 Å². The molecule has 0 radical (unpaired) electrons. The van der Waals surface area contributed by atoms with E-state index in [4.69, 9.17) is 4.74 Å². The lowest BCUT2D eigenvalue weighted by Gasteiger charge is -2.21. The van der Waals surface area contributed by atoms with E-state index >= 15 is 0 Å². The predicted octanol–water partition coefficient (Wildman–Crippen LogP) is 3.63. The van der Waals surface area contributed by atoms with E-state index in [9.17, 15) is 0 Å². The van der Waals surface area contributed by atoms with Crippen molar-refractivity contribution < 1.29 is 4.74 Å². The van der Waals surface area contributed by atoms with E-state index < -0.39 is 0 Å². The molecule has 1 atom stereocenters. The summed E-state index contributed by atoms with van der Waals surface area (Å²) < 4.78 is 5.86. The van der Waals surface area contributed by atoms with Crippen molar-refractivity contribution in [3.63, 3.8) is 0 Å². The summed E-state index contributed by atoms with van der Waals surface area (Å²) in [7, 11) is 0. The maximum atomic E-state index is 5.86. The maximum absolute atomic E-state index is 5.86. The van der Waals surface area contributed by atoms with Crippen LogP contribution in [0.1, 0.15) is 53.9 Å². The molecule has 74 valence electrons. The second-order valence-electron chi connectivity index (χ2n) is 4.01. The summed E-state index contributed by atoms with van der Waals surface area (Å²) in [5, 5.41) is 0. The Kier molecular flexibility index (Phi) is 6.45. The van der Waals surface area contributed by atoms with Crippen LogP contribution in [0, 0.1) is 5.92 Å². The van der Waals surface area contributed by atoms with E-state index in [0.717, 1.165) is 18.8 Å². The predicted molar refractivity (Wildman–Crippen MR) is 54.4 cm³/mol. The molecule has 0 rings (SSSR count). The molecule has 0 aliphatic heterocycles. The van der Waals surface area contributed by atoms with Crippen LogP contribution < -0.4 is 0 Å². The molecule has 0 heterocycles. The van der Waals surface area contributed by atoms with Crippen LogP contribution in [0.5, 0.6) is 0 Å². The second kappa shape index (κ2) is 6.47. The second-order valence-corrected chi connectivity index (χ2v) is 4.01. The largest absolute Gasteiger partial charge is 0.375 e. The van der Waals surface area contributed by atoms with Crippen molar-refractivity contribution in [2.75, 3.05) is 0 Å². The SMILES string of the molecule is CCC(CC)OC(C)CC(C)C. The van der Waals surface area contributed by atoms with E-state index in [0.29, 0.717) is 12.2 Å². The molecule has 0 aliphatic carbocycles. The maximum Gasteiger partial charge on any atom is 0.0573 e. The van der Waals surface area contributed by atoms with Gasteiger partial charge in [0.1, 0.15) is 0 Å². The summed E-state index contributed by atoms with van der Waals surface area (Å²) in [6.45, 7) is 11.0. The standard InChI is InChI=1S/C11H24O/c1-6-11(7-2)12-10(5)8-9(3)4/h9-11H,6-8H2,1-5H3. The lowest BCUT2D eigenvalue weighted by atomic mass is 10.1. The Labute approximate surface area is 77.5 Å². The van der Waals surface area contributed by atoms with E-state index in [1.165, 1.54) is 6.42 Å². The zero-order valence-electron chi connectivity index (χ0n) is 9.26. The highest BCUT2D eigenvalue weighted by atomic mass is 16.5. The van der Waals surface area contributed by atoms with Crippen molar-refractivity contribution in [1.29, 1.82) is 0 Å². The summed E-state index contributed by atoms with van der Waals surface area (Å²) in [5.74, 6) is 0.745. The Morgan fingerprint density at radius 1 is 1.00 bits per heavy atom. The summed E-state index contributed by atoms with van der Waals surface area (Å²) in [4.78, 5) is 0. The number of ether oxygens (including phenoxy) is 1. The molecule has 0 fully saturated rings.